The molecule has 0 radical (unpaired) electrons. The minimum atomic E-state index is -1.88. The number of methoxy groups -OCH3 is 1. The summed E-state index contributed by atoms with van der Waals surface area (Å²) in [4.78, 5) is 8.45. The van der Waals surface area contributed by atoms with E-state index in [0.29, 0.717) is 41.3 Å². The van der Waals surface area contributed by atoms with E-state index in [-0.39, 0.29) is 0 Å². The molecule has 8 heteroatoms. The number of pyridine rings is 2. The van der Waals surface area contributed by atoms with Crippen molar-refractivity contribution < 1.29 is 19.7 Å². The molecule has 3 heterocycles. The molecule has 0 amide bonds. The van der Waals surface area contributed by atoms with Crippen LogP contribution >= 0.6 is 0 Å². The van der Waals surface area contributed by atoms with Gasteiger partial charge >= 0.3 is 0 Å². The van der Waals surface area contributed by atoms with Gasteiger partial charge in [0.1, 0.15) is 11.5 Å². The fourth-order valence-electron chi connectivity index (χ4n) is 6.44. The van der Waals surface area contributed by atoms with Crippen LogP contribution in [0.25, 0.3) is 0 Å². The summed E-state index contributed by atoms with van der Waals surface area (Å²) >= 11 is 0. The van der Waals surface area contributed by atoms with Crippen molar-refractivity contribution in [3.05, 3.63) is 119 Å². The van der Waals surface area contributed by atoms with Gasteiger partial charge in [-0.3, -0.25) is 9.97 Å². The van der Waals surface area contributed by atoms with Crippen LogP contribution in [0.3, 0.4) is 0 Å². The zero-order chi connectivity index (χ0) is 27.0. The summed E-state index contributed by atoms with van der Waals surface area (Å²) < 4.78 is 12.4. The molecule has 1 aliphatic carbocycles. The monoisotopic (exact) mass is 520 g/mol. The van der Waals surface area contributed by atoms with E-state index in [1.165, 1.54) is 13.3 Å². The predicted octanol–water partition coefficient (Wildman–Crippen LogP) is 3.40. The lowest BCUT2D eigenvalue weighted by Crippen LogP contribution is -2.52. The molecule has 5 atom stereocenters. The molecule has 1 aliphatic heterocycles. The number of fused-ring (bicyclic) bond motifs is 3. The summed E-state index contributed by atoms with van der Waals surface area (Å²) in [5.74, 6) is -0.260. The molecule has 0 bridgehead atoms. The first-order valence-corrected chi connectivity index (χ1v) is 12.8. The van der Waals surface area contributed by atoms with Crippen molar-refractivity contribution in [3.8, 4) is 17.6 Å². The topological polar surface area (TPSA) is 121 Å². The molecule has 8 nitrogen and oxygen atoms in total. The van der Waals surface area contributed by atoms with Crippen LogP contribution in [0, 0.1) is 17.2 Å². The highest BCUT2D eigenvalue weighted by molar-refractivity contribution is 5.59. The van der Waals surface area contributed by atoms with E-state index >= 15 is 0 Å². The Balaban J connectivity index is 1.54. The molecule has 6 rings (SSSR count). The normalized spacial score (nSPS) is 26.8. The largest absolute Gasteiger partial charge is 0.495 e. The molecule has 1 fully saturated rings. The van der Waals surface area contributed by atoms with Crippen LogP contribution < -0.4 is 14.8 Å². The summed E-state index contributed by atoms with van der Waals surface area (Å²) in [6.45, 7) is 0.938. The number of nitrogens with zero attached hydrogens (tertiary/aromatic N) is 3. The first kappa shape index (κ1) is 25.0. The summed E-state index contributed by atoms with van der Waals surface area (Å²) in [5, 5.41) is 37.9. The molecule has 4 aromatic rings. The average molecular weight is 521 g/mol. The van der Waals surface area contributed by atoms with Gasteiger partial charge in [-0.15, -0.1) is 0 Å². The first-order valence-electron chi connectivity index (χ1n) is 12.8. The predicted molar refractivity (Wildman–Crippen MR) is 143 cm³/mol. The van der Waals surface area contributed by atoms with Gasteiger partial charge in [-0.05, 0) is 34.9 Å². The van der Waals surface area contributed by atoms with Crippen LogP contribution in [0.1, 0.15) is 33.7 Å². The van der Waals surface area contributed by atoms with Crippen molar-refractivity contribution in [1.29, 1.82) is 5.26 Å². The Hall–Kier alpha value is -4.29. The molecule has 2 aromatic heterocycles. The summed E-state index contributed by atoms with van der Waals surface area (Å²) in [7, 11) is 1.51. The minimum Gasteiger partial charge on any atom is -0.495 e. The average Bonchev–Trinajstić information content (AvgIpc) is 3.36. The Morgan fingerprint density at radius 3 is 2.51 bits per heavy atom. The fraction of sp³-hybridized carbons (Fsp3) is 0.258. The fourth-order valence-corrected chi connectivity index (χ4v) is 6.44. The van der Waals surface area contributed by atoms with E-state index in [2.05, 4.69) is 21.4 Å². The zero-order valence-corrected chi connectivity index (χ0v) is 21.4. The van der Waals surface area contributed by atoms with Crippen molar-refractivity contribution >= 4 is 0 Å². The number of rotatable bonds is 7. The molecule has 196 valence electrons. The molecule has 0 saturated heterocycles. The second kappa shape index (κ2) is 9.79. The van der Waals surface area contributed by atoms with Crippen LogP contribution in [0.2, 0.25) is 0 Å². The number of aliphatic hydroxyl groups is 2. The maximum Gasteiger partial charge on any atom is 0.177 e. The lowest BCUT2D eigenvalue weighted by atomic mass is 9.70. The SMILES string of the molecule is COc1cncc2c1C1(O)[C@H](O)C(CNCc3cccnc3)C(c3ccccc3)C1(c1ccc(C#N)cc1)O2. The standard InChI is InChI=1S/C31H28N4O4/c1-38-25-18-35-19-26-28(25)30(37)29(36)24(17-34-16-21-6-5-13-33-15-21)27(22-7-3-2-4-8-22)31(30,39-26)23-11-9-20(14-32)10-12-23/h2-13,15,18-19,24,27,29,34,36-37H,16-17H2,1H3/t24?,27?,29-,30?,31?/m1/s1. The Labute approximate surface area is 226 Å². The highest BCUT2D eigenvalue weighted by Crippen LogP contribution is 2.69. The van der Waals surface area contributed by atoms with E-state index in [0.717, 1.165) is 11.1 Å². The number of hydrogen-bond acceptors (Lipinski definition) is 8. The summed E-state index contributed by atoms with van der Waals surface area (Å²) in [6, 6.07) is 22.8. The number of hydrogen-bond donors (Lipinski definition) is 3. The number of nitrogens with one attached hydrogen (secondary N) is 1. The van der Waals surface area contributed by atoms with Gasteiger partial charge in [-0.1, -0.05) is 48.5 Å². The van der Waals surface area contributed by atoms with Crippen molar-refractivity contribution in [1.82, 2.24) is 15.3 Å². The van der Waals surface area contributed by atoms with Gasteiger partial charge in [0, 0.05) is 37.3 Å². The quantitative estimate of drug-likeness (QED) is 0.339. The summed E-state index contributed by atoms with van der Waals surface area (Å²) in [5.41, 5.74) is 0.101. The number of benzene rings is 2. The minimum absolute atomic E-state index is 0.334. The van der Waals surface area contributed by atoms with Crippen LogP contribution in [0.4, 0.5) is 0 Å². The number of aromatic nitrogens is 2. The molecule has 2 aromatic carbocycles. The van der Waals surface area contributed by atoms with Gasteiger partial charge in [-0.25, -0.2) is 0 Å². The van der Waals surface area contributed by atoms with Crippen LogP contribution in [-0.4, -0.2) is 39.9 Å². The van der Waals surface area contributed by atoms with Crippen molar-refractivity contribution in [2.45, 2.75) is 29.8 Å². The third kappa shape index (κ3) is 3.70. The lowest BCUT2D eigenvalue weighted by molar-refractivity contribution is -0.152. The maximum atomic E-state index is 12.8. The summed E-state index contributed by atoms with van der Waals surface area (Å²) in [6.07, 6.45) is 5.35. The molecular weight excluding hydrogens is 492 g/mol. The third-order valence-electron chi connectivity index (χ3n) is 8.05. The van der Waals surface area contributed by atoms with E-state index in [1.54, 1.807) is 42.9 Å². The van der Waals surface area contributed by atoms with Crippen LogP contribution in [0.15, 0.2) is 91.5 Å². The molecular formula is C31H28N4O4. The second-order valence-electron chi connectivity index (χ2n) is 10.00. The third-order valence-corrected chi connectivity index (χ3v) is 8.05. The molecule has 0 spiro atoms. The van der Waals surface area contributed by atoms with E-state index in [1.807, 2.05) is 42.5 Å². The van der Waals surface area contributed by atoms with E-state index < -0.39 is 29.1 Å². The van der Waals surface area contributed by atoms with Crippen LogP contribution in [0.5, 0.6) is 11.5 Å². The lowest BCUT2D eigenvalue weighted by Gasteiger charge is -2.41. The Bertz CT molecular complexity index is 1510. The molecule has 4 unspecified atom stereocenters. The number of ether oxygens (including phenoxy) is 2. The van der Waals surface area contributed by atoms with Gasteiger partial charge in [0.05, 0.1) is 42.8 Å². The van der Waals surface area contributed by atoms with Crippen molar-refractivity contribution in [2.24, 2.45) is 5.92 Å². The van der Waals surface area contributed by atoms with E-state index in [4.69, 9.17) is 9.47 Å². The van der Waals surface area contributed by atoms with Crippen molar-refractivity contribution in [3.63, 3.8) is 0 Å². The number of nitriles is 1. The maximum absolute atomic E-state index is 12.8. The van der Waals surface area contributed by atoms with Gasteiger partial charge < -0.3 is 25.0 Å². The van der Waals surface area contributed by atoms with Gasteiger partial charge in [-0.2, -0.15) is 5.26 Å². The molecule has 2 aliphatic rings. The van der Waals surface area contributed by atoms with Gasteiger partial charge in [0.15, 0.2) is 11.2 Å². The van der Waals surface area contributed by atoms with Crippen molar-refractivity contribution in [2.75, 3.05) is 13.7 Å². The van der Waals surface area contributed by atoms with Gasteiger partial charge in [0.2, 0.25) is 0 Å². The first-order chi connectivity index (χ1) is 19.0. The smallest absolute Gasteiger partial charge is 0.177 e. The van der Waals surface area contributed by atoms with Crippen LogP contribution in [-0.2, 0) is 17.7 Å². The number of aliphatic hydroxyl groups excluding tert-OH is 1. The highest BCUT2D eigenvalue weighted by atomic mass is 16.5. The highest BCUT2D eigenvalue weighted by Gasteiger charge is 2.76. The Kier molecular flexibility index (Phi) is 6.28. The van der Waals surface area contributed by atoms with E-state index in [9.17, 15) is 15.5 Å². The molecule has 1 saturated carbocycles. The second-order valence-corrected chi connectivity index (χ2v) is 10.00. The Morgan fingerprint density at radius 2 is 1.82 bits per heavy atom. The van der Waals surface area contributed by atoms with Gasteiger partial charge in [0.25, 0.3) is 0 Å². The Morgan fingerprint density at radius 1 is 1.03 bits per heavy atom. The molecule has 39 heavy (non-hydrogen) atoms. The zero-order valence-electron chi connectivity index (χ0n) is 21.4. The molecule has 3 N–H and O–H groups in total.